The van der Waals surface area contributed by atoms with E-state index in [4.69, 9.17) is 4.74 Å². The molecule has 2 saturated heterocycles. The fourth-order valence-corrected chi connectivity index (χ4v) is 5.18. The molecule has 160 valence electrons. The summed E-state index contributed by atoms with van der Waals surface area (Å²) >= 11 is 0. The summed E-state index contributed by atoms with van der Waals surface area (Å²) in [5.74, 6) is 1.58. The third kappa shape index (κ3) is 4.50. The zero-order chi connectivity index (χ0) is 19.6. The molecule has 0 saturated carbocycles. The Labute approximate surface area is 185 Å². The van der Waals surface area contributed by atoms with Gasteiger partial charge < -0.3 is 9.64 Å². The maximum absolute atomic E-state index is 12.8. The summed E-state index contributed by atoms with van der Waals surface area (Å²) in [4.78, 5) is 17.4. The molecule has 0 N–H and O–H groups in total. The van der Waals surface area contributed by atoms with Crippen LogP contribution in [-0.4, -0.2) is 41.4 Å². The Kier molecular flexibility index (Phi) is 6.64. The number of benzene rings is 2. The minimum absolute atomic E-state index is 0. The van der Waals surface area contributed by atoms with Crippen LogP contribution < -0.4 is 4.74 Å². The number of carbonyl (C=O) groups excluding carboxylic acids is 1. The van der Waals surface area contributed by atoms with E-state index in [1.165, 1.54) is 56.3 Å². The van der Waals surface area contributed by atoms with Crippen LogP contribution in [0.4, 0.5) is 0 Å². The molecule has 4 nitrogen and oxygen atoms in total. The maximum Gasteiger partial charge on any atom is 0.254 e. The van der Waals surface area contributed by atoms with Gasteiger partial charge in [-0.05, 0) is 67.6 Å². The molecule has 1 amide bonds. The molecule has 3 aliphatic rings. The van der Waals surface area contributed by atoms with Gasteiger partial charge in [0.05, 0.1) is 6.61 Å². The van der Waals surface area contributed by atoms with Crippen LogP contribution >= 0.6 is 12.4 Å². The molecule has 5 heteroatoms. The zero-order valence-electron chi connectivity index (χ0n) is 17.5. The number of fused-ring (bicyclic) bond motifs is 2. The standard InChI is InChI=1S/C25H30N2O2.ClH/c28-25(27-16-21-5-1-2-6-22(21)17-27)20-9-12-24(13-10-20)29-18-19-8-11-23-7-3-4-14-26(23)15-19;/h1-2,5-6,9-10,12-13,19,23H,3-4,7-8,11,14-18H2;1H/t19-,23-;/m0./s1. The van der Waals surface area contributed by atoms with Gasteiger partial charge in [-0.2, -0.15) is 0 Å². The van der Waals surface area contributed by atoms with Crippen LogP contribution in [-0.2, 0) is 13.1 Å². The molecule has 0 bridgehead atoms. The SMILES string of the molecule is Cl.O=C(c1ccc(OC[C@H]2CC[C@@H]3CCCCN3C2)cc1)N1Cc2ccccc2C1. The second kappa shape index (κ2) is 9.40. The first-order valence-electron chi connectivity index (χ1n) is 11.1. The lowest BCUT2D eigenvalue weighted by Gasteiger charge is -2.42. The summed E-state index contributed by atoms with van der Waals surface area (Å²) < 4.78 is 6.08. The van der Waals surface area contributed by atoms with Gasteiger partial charge in [0.2, 0.25) is 0 Å². The van der Waals surface area contributed by atoms with Crippen molar-refractivity contribution < 1.29 is 9.53 Å². The van der Waals surface area contributed by atoms with Crippen LogP contribution in [0, 0.1) is 5.92 Å². The lowest BCUT2D eigenvalue weighted by atomic mass is 9.88. The third-order valence-corrected chi connectivity index (χ3v) is 6.86. The highest BCUT2D eigenvalue weighted by Crippen LogP contribution is 2.29. The number of hydrogen-bond acceptors (Lipinski definition) is 3. The van der Waals surface area contributed by atoms with E-state index in [9.17, 15) is 4.79 Å². The van der Waals surface area contributed by atoms with E-state index >= 15 is 0 Å². The minimum atomic E-state index is 0. The van der Waals surface area contributed by atoms with Crippen LogP contribution in [0.15, 0.2) is 48.5 Å². The largest absolute Gasteiger partial charge is 0.493 e. The first-order chi connectivity index (χ1) is 14.3. The van der Waals surface area contributed by atoms with Crippen molar-refractivity contribution in [1.82, 2.24) is 9.80 Å². The third-order valence-electron chi connectivity index (χ3n) is 6.86. The molecular weight excluding hydrogens is 396 g/mol. The topological polar surface area (TPSA) is 32.8 Å². The second-order valence-corrected chi connectivity index (χ2v) is 8.85. The van der Waals surface area contributed by atoms with Gasteiger partial charge in [0.15, 0.2) is 0 Å². The number of amides is 1. The molecule has 0 spiro atoms. The quantitative estimate of drug-likeness (QED) is 0.696. The maximum atomic E-state index is 12.8. The van der Waals surface area contributed by atoms with E-state index in [-0.39, 0.29) is 18.3 Å². The van der Waals surface area contributed by atoms with Gasteiger partial charge in [-0.15, -0.1) is 12.4 Å². The molecule has 5 rings (SSSR count). The lowest BCUT2D eigenvalue weighted by molar-refractivity contribution is 0.0565. The predicted molar refractivity (Wildman–Crippen MR) is 121 cm³/mol. The van der Waals surface area contributed by atoms with Crippen molar-refractivity contribution >= 4 is 18.3 Å². The number of hydrogen-bond donors (Lipinski definition) is 0. The second-order valence-electron chi connectivity index (χ2n) is 8.85. The summed E-state index contributed by atoms with van der Waals surface area (Å²) in [6, 6.07) is 16.8. The first-order valence-corrected chi connectivity index (χ1v) is 11.1. The van der Waals surface area contributed by atoms with E-state index in [1.54, 1.807) is 0 Å². The van der Waals surface area contributed by atoms with E-state index in [0.717, 1.165) is 24.0 Å². The summed E-state index contributed by atoms with van der Waals surface area (Å²) in [7, 11) is 0. The smallest absolute Gasteiger partial charge is 0.254 e. The van der Waals surface area contributed by atoms with E-state index in [0.29, 0.717) is 19.0 Å². The fraction of sp³-hybridized carbons (Fsp3) is 0.480. The number of nitrogens with zero attached hydrogens (tertiary/aromatic N) is 2. The van der Waals surface area contributed by atoms with Crippen LogP contribution in [0.3, 0.4) is 0 Å². The zero-order valence-corrected chi connectivity index (χ0v) is 18.3. The van der Waals surface area contributed by atoms with E-state index < -0.39 is 0 Å². The fourth-order valence-electron chi connectivity index (χ4n) is 5.18. The van der Waals surface area contributed by atoms with Crippen LogP contribution in [0.25, 0.3) is 0 Å². The number of piperidine rings is 2. The molecule has 2 fully saturated rings. The highest BCUT2D eigenvalue weighted by Gasteiger charge is 2.30. The number of carbonyl (C=O) groups is 1. The van der Waals surface area contributed by atoms with Gasteiger partial charge in [0.25, 0.3) is 5.91 Å². The number of rotatable bonds is 4. The van der Waals surface area contributed by atoms with Crippen molar-refractivity contribution in [3.63, 3.8) is 0 Å². The average Bonchev–Trinajstić information content (AvgIpc) is 3.22. The molecule has 0 unspecified atom stereocenters. The van der Waals surface area contributed by atoms with Crippen molar-refractivity contribution in [3.05, 3.63) is 65.2 Å². The molecule has 3 heterocycles. The van der Waals surface area contributed by atoms with E-state index in [1.807, 2.05) is 41.3 Å². The van der Waals surface area contributed by atoms with Gasteiger partial charge in [0.1, 0.15) is 5.75 Å². The Morgan fingerprint density at radius 3 is 2.40 bits per heavy atom. The van der Waals surface area contributed by atoms with Gasteiger partial charge in [-0.1, -0.05) is 30.7 Å². The van der Waals surface area contributed by atoms with Gasteiger partial charge in [-0.25, -0.2) is 0 Å². The Bertz CT molecular complexity index is 845. The molecule has 30 heavy (non-hydrogen) atoms. The van der Waals surface area contributed by atoms with Crippen molar-refractivity contribution in [2.24, 2.45) is 5.92 Å². The summed E-state index contributed by atoms with van der Waals surface area (Å²) in [5, 5.41) is 0. The molecule has 2 aromatic rings. The Hall–Kier alpha value is -2.04. The van der Waals surface area contributed by atoms with Crippen molar-refractivity contribution in [1.29, 1.82) is 0 Å². The van der Waals surface area contributed by atoms with E-state index in [2.05, 4.69) is 17.0 Å². The lowest BCUT2D eigenvalue weighted by Crippen LogP contribution is -2.47. The molecule has 2 atom stereocenters. The highest BCUT2D eigenvalue weighted by atomic mass is 35.5. The van der Waals surface area contributed by atoms with Crippen molar-refractivity contribution in [2.75, 3.05) is 19.7 Å². The summed E-state index contributed by atoms with van der Waals surface area (Å²) in [5.41, 5.74) is 3.24. The number of ether oxygens (including phenoxy) is 1. The Balaban J connectivity index is 0.00000218. The Morgan fingerprint density at radius 1 is 0.933 bits per heavy atom. The molecule has 0 aromatic heterocycles. The summed E-state index contributed by atoms with van der Waals surface area (Å²) in [6.45, 7) is 4.62. The molecule has 0 radical (unpaired) electrons. The van der Waals surface area contributed by atoms with Crippen LogP contribution in [0.2, 0.25) is 0 Å². The minimum Gasteiger partial charge on any atom is -0.493 e. The van der Waals surface area contributed by atoms with Crippen LogP contribution in [0.1, 0.15) is 53.6 Å². The predicted octanol–water partition coefficient (Wildman–Crippen LogP) is 4.91. The Morgan fingerprint density at radius 2 is 1.67 bits per heavy atom. The molecule has 2 aromatic carbocycles. The van der Waals surface area contributed by atoms with Crippen molar-refractivity contribution in [2.45, 2.75) is 51.2 Å². The number of halogens is 1. The summed E-state index contributed by atoms with van der Waals surface area (Å²) in [6.07, 6.45) is 6.72. The molecule has 3 aliphatic heterocycles. The van der Waals surface area contributed by atoms with Gasteiger partial charge in [0, 0.05) is 37.2 Å². The normalized spacial score (nSPS) is 23.3. The average molecular weight is 427 g/mol. The monoisotopic (exact) mass is 426 g/mol. The molecular formula is C25H31ClN2O2. The molecule has 0 aliphatic carbocycles. The van der Waals surface area contributed by atoms with Crippen LogP contribution in [0.5, 0.6) is 5.75 Å². The highest BCUT2D eigenvalue weighted by molar-refractivity contribution is 5.94. The van der Waals surface area contributed by atoms with Gasteiger partial charge >= 0.3 is 0 Å². The van der Waals surface area contributed by atoms with Gasteiger partial charge in [-0.3, -0.25) is 9.69 Å². The van der Waals surface area contributed by atoms with Crippen molar-refractivity contribution in [3.8, 4) is 5.75 Å². The first kappa shape index (κ1) is 21.2.